The smallest absolute Gasteiger partial charge is 0.407 e. The molecule has 2 aliphatic rings. The van der Waals surface area contributed by atoms with Gasteiger partial charge in [0, 0.05) is 36.0 Å². The largest absolute Gasteiger partial charge is 0.465 e. The predicted octanol–water partition coefficient (Wildman–Crippen LogP) is 3.93. The highest BCUT2D eigenvalue weighted by Gasteiger charge is 2.37. The van der Waals surface area contributed by atoms with Crippen LogP contribution in [0, 0.1) is 0 Å². The fourth-order valence-electron chi connectivity index (χ4n) is 5.09. The summed E-state index contributed by atoms with van der Waals surface area (Å²) in [7, 11) is -2.12. The van der Waals surface area contributed by atoms with Gasteiger partial charge in [-0.05, 0) is 73.6 Å². The van der Waals surface area contributed by atoms with E-state index in [-0.39, 0.29) is 31.0 Å². The molecule has 1 aliphatic carbocycles. The van der Waals surface area contributed by atoms with Crippen molar-refractivity contribution in [2.45, 2.75) is 37.6 Å². The Kier molecular flexibility index (Phi) is 6.65. The quantitative estimate of drug-likeness (QED) is 0.448. The second kappa shape index (κ2) is 9.64. The molecular weight excluding hydrogens is 562 g/mol. The SMILES string of the molecule is CNC(=O)c1c2cc(C3CC3)c(N(C3CCN(C(=O)O)CC3)S(C)(=O)=O)cc2nn1-c1ccc(Br)cc1. The second-order valence-electron chi connectivity index (χ2n) is 9.58. The lowest BCUT2D eigenvalue weighted by Crippen LogP contribution is -2.48. The van der Waals surface area contributed by atoms with Crippen LogP contribution in [0.2, 0.25) is 0 Å². The minimum Gasteiger partial charge on any atom is -0.465 e. The van der Waals surface area contributed by atoms with Gasteiger partial charge in [0.15, 0.2) is 0 Å². The van der Waals surface area contributed by atoms with Crippen molar-refractivity contribution < 1.29 is 23.1 Å². The number of aromatic nitrogens is 2. The first-order valence-electron chi connectivity index (χ1n) is 12.1. The summed E-state index contributed by atoms with van der Waals surface area (Å²) < 4.78 is 30.3. The number of carbonyl (C=O) groups is 2. The van der Waals surface area contributed by atoms with E-state index in [0.717, 1.165) is 22.9 Å². The predicted molar refractivity (Wildman–Crippen MR) is 144 cm³/mol. The zero-order chi connectivity index (χ0) is 26.5. The monoisotopic (exact) mass is 589 g/mol. The van der Waals surface area contributed by atoms with Crippen molar-refractivity contribution in [1.82, 2.24) is 20.0 Å². The van der Waals surface area contributed by atoms with E-state index in [0.29, 0.717) is 40.8 Å². The number of carboxylic acid groups (broad SMARTS) is 1. The number of hydrogen-bond acceptors (Lipinski definition) is 5. The molecule has 1 saturated heterocycles. The van der Waals surface area contributed by atoms with Crippen molar-refractivity contribution >= 4 is 54.5 Å². The molecule has 2 heterocycles. The lowest BCUT2D eigenvalue weighted by atomic mass is 10.0. The molecule has 37 heavy (non-hydrogen) atoms. The van der Waals surface area contributed by atoms with Gasteiger partial charge in [-0.3, -0.25) is 9.10 Å². The van der Waals surface area contributed by atoms with Crippen LogP contribution < -0.4 is 9.62 Å². The molecule has 0 spiro atoms. The number of carbonyl (C=O) groups excluding carboxylic acids is 1. The van der Waals surface area contributed by atoms with Gasteiger partial charge in [0.2, 0.25) is 10.0 Å². The molecule has 1 aliphatic heterocycles. The number of amides is 2. The van der Waals surface area contributed by atoms with Crippen molar-refractivity contribution in [2.24, 2.45) is 0 Å². The van der Waals surface area contributed by atoms with Crippen LogP contribution in [0.15, 0.2) is 40.9 Å². The Morgan fingerprint density at radius 1 is 1.11 bits per heavy atom. The maximum atomic E-state index is 13.2. The highest BCUT2D eigenvalue weighted by atomic mass is 79.9. The Hall–Kier alpha value is -3.12. The molecule has 2 amide bonds. The Bertz CT molecular complexity index is 1480. The third kappa shape index (κ3) is 4.91. The van der Waals surface area contributed by atoms with Crippen LogP contribution in [0.5, 0.6) is 0 Å². The van der Waals surface area contributed by atoms with Gasteiger partial charge in [0.1, 0.15) is 5.69 Å². The number of nitrogens with one attached hydrogen (secondary N) is 1. The van der Waals surface area contributed by atoms with Crippen LogP contribution in [0.3, 0.4) is 0 Å². The van der Waals surface area contributed by atoms with Crippen LogP contribution in [0.1, 0.15) is 47.7 Å². The zero-order valence-electron chi connectivity index (χ0n) is 20.5. The Labute approximate surface area is 223 Å². The minimum absolute atomic E-state index is 0.191. The van der Waals surface area contributed by atoms with Gasteiger partial charge in [0.25, 0.3) is 5.91 Å². The third-order valence-electron chi connectivity index (χ3n) is 7.01. The van der Waals surface area contributed by atoms with Gasteiger partial charge in [0.05, 0.1) is 23.1 Å². The molecule has 3 aromatic rings. The molecule has 5 rings (SSSR count). The summed E-state index contributed by atoms with van der Waals surface area (Å²) in [5, 5.41) is 17.4. The van der Waals surface area contributed by atoms with Crippen LogP contribution in [0.25, 0.3) is 16.6 Å². The Morgan fingerprint density at radius 2 is 1.76 bits per heavy atom. The molecule has 0 bridgehead atoms. The lowest BCUT2D eigenvalue weighted by molar-refractivity contribution is 0.0956. The fourth-order valence-corrected chi connectivity index (χ4v) is 6.63. The minimum atomic E-state index is -3.69. The molecule has 2 N–H and O–H groups in total. The summed E-state index contributed by atoms with van der Waals surface area (Å²) in [4.78, 5) is 25.7. The van der Waals surface area contributed by atoms with E-state index >= 15 is 0 Å². The molecule has 1 aromatic heterocycles. The number of anilines is 1. The van der Waals surface area contributed by atoms with E-state index < -0.39 is 16.1 Å². The van der Waals surface area contributed by atoms with Crippen LogP contribution in [0.4, 0.5) is 10.5 Å². The molecule has 2 fully saturated rings. The standard InChI is InChI=1S/C25H28BrN5O5S/c1-27-24(32)23-20-13-19(15-3-4-15)22(14-21(20)28-30(23)17-7-5-16(26)6-8-17)31(37(2,35)36)18-9-11-29(12-10-18)25(33)34/h5-8,13-15,18H,3-4,9-12H2,1-2H3,(H,27,32)(H,33,34). The number of piperidine rings is 1. The molecule has 12 heteroatoms. The van der Waals surface area contributed by atoms with E-state index in [1.54, 1.807) is 17.8 Å². The highest BCUT2D eigenvalue weighted by Crippen LogP contribution is 2.47. The topological polar surface area (TPSA) is 125 Å². The van der Waals surface area contributed by atoms with Gasteiger partial charge in [-0.2, -0.15) is 5.10 Å². The van der Waals surface area contributed by atoms with E-state index in [1.807, 2.05) is 30.3 Å². The number of hydrogen-bond donors (Lipinski definition) is 2. The van der Waals surface area contributed by atoms with Gasteiger partial charge >= 0.3 is 6.09 Å². The summed E-state index contributed by atoms with van der Waals surface area (Å²) in [6.07, 6.45) is 2.86. The van der Waals surface area contributed by atoms with Gasteiger partial charge in [-0.1, -0.05) is 15.9 Å². The third-order valence-corrected chi connectivity index (χ3v) is 8.75. The Balaban J connectivity index is 1.68. The average molecular weight is 591 g/mol. The first kappa shape index (κ1) is 25.5. The van der Waals surface area contributed by atoms with E-state index in [9.17, 15) is 23.1 Å². The fraction of sp³-hybridized carbons (Fsp3) is 0.400. The normalized spacial score (nSPS) is 16.7. The second-order valence-corrected chi connectivity index (χ2v) is 12.4. The number of nitrogens with zero attached hydrogens (tertiary/aromatic N) is 4. The van der Waals surface area contributed by atoms with Crippen molar-refractivity contribution in [3.05, 3.63) is 52.1 Å². The molecule has 2 aromatic carbocycles. The molecule has 0 radical (unpaired) electrons. The molecule has 10 nitrogen and oxygen atoms in total. The maximum absolute atomic E-state index is 13.2. The highest BCUT2D eigenvalue weighted by molar-refractivity contribution is 9.10. The summed E-state index contributed by atoms with van der Waals surface area (Å²) in [6.45, 7) is 0.540. The number of likely N-dealkylation sites (tertiary alicyclic amines) is 1. The van der Waals surface area contributed by atoms with Gasteiger partial charge < -0.3 is 15.3 Å². The van der Waals surface area contributed by atoms with E-state index in [2.05, 4.69) is 21.2 Å². The van der Waals surface area contributed by atoms with E-state index in [4.69, 9.17) is 5.10 Å². The van der Waals surface area contributed by atoms with Crippen molar-refractivity contribution in [1.29, 1.82) is 0 Å². The van der Waals surface area contributed by atoms with Crippen molar-refractivity contribution in [2.75, 3.05) is 30.7 Å². The molecule has 1 saturated carbocycles. The summed E-state index contributed by atoms with van der Waals surface area (Å²) in [5.41, 5.74) is 3.04. The van der Waals surface area contributed by atoms with Crippen LogP contribution >= 0.6 is 15.9 Å². The van der Waals surface area contributed by atoms with Crippen molar-refractivity contribution in [3.63, 3.8) is 0 Å². The summed E-state index contributed by atoms with van der Waals surface area (Å²) in [6, 6.07) is 10.8. The molecule has 0 atom stereocenters. The number of sulfonamides is 1. The van der Waals surface area contributed by atoms with E-state index in [1.165, 1.54) is 15.5 Å². The molecule has 0 unspecified atom stereocenters. The molecular formula is C25H28BrN5O5S. The average Bonchev–Trinajstić information content (AvgIpc) is 3.63. The number of rotatable bonds is 6. The van der Waals surface area contributed by atoms with Crippen LogP contribution in [-0.4, -0.2) is 72.6 Å². The zero-order valence-corrected chi connectivity index (χ0v) is 22.9. The number of halogens is 1. The maximum Gasteiger partial charge on any atom is 0.407 e. The summed E-state index contributed by atoms with van der Waals surface area (Å²) >= 11 is 3.43. The first-order chi connectivity index (χ1) is 17.6. The van der Waals surface area contributed by atoms with Crippen LogP contribution in [-0.2, 0) is 10.0 Å². The number of fused-ring (bicyclic) bond motifs is 1. The van der Waals surface area contributed by atoms with Crippen molar-refractivity contribution in [3.8, 4) is 5.69 Å². The number of benzene rings is 2. The first-order valence-corrected chi connectivity index (χ1v) is 14.7. The lowest BCUT2D eigenvalue weighted by Gasteiger charge is -2.38. The van der Waals surface area contributed by atoms with Gasteiger partial charge in [-0.15, -0.1) is 0 Å². The summed E-state index contributed by atoms with van der Waals surface area (Å²) in [5.74, 6) is -0.0998. The Morgan fingerprint density at radius 3 is 2.30 bits per heavy atom. The van der Waals surface area contributed by atoms with Gasteiger partial charge in [-0.25, -0.2) is 17.9 Å². The molecule has 196 valence electrons.